The summed E-state index contributed by atoms with van der Waals surface area (Å²) in [5, 5.41) is 6.64. The van der Waals surface area contributed by atoms with Gasteiger partial charge in [0.1, 0.15) is 0 Å². The van der Waals surface area contributed by atoms with Gasteiger partial charge in [0.05, 0.1) is 5.92 Å². The number of carbonyl (C=O) groups is 1. The van der Waals surface area contributed by atoms with Crippen LogP contribution in [0.2, 0.25) is 0 Å². The summed E-state index contributed by atoms with van der Waals surface area (Å²) in [6, 6.07) is 0.770. The Morgan fingerprint density at radius 3 is 2.62 bits per heavy atom. The summed E-state index contributed by atoms with van der Waals surface area (Å²) in [5.41, 5.74) is 0. The highest BCUT2D eigenvalue weighted by Crippen LogP contribution is 2.26. The molecule has 2 rings (SSSR count). The van der Waals surface area contributed by atoms with E-state index >= 15 is 0 Å². The molecule has 0 aromatic heterocycles. The molecule has 2 aliphatic rings. The van der Waals surface area contributed by atoms with Gasteiger partial charge < -0.3 is 10.6 Å². The summed E-state index contributed by atoms with van der Waals surface area (Å²) < 4.78 is 0. The SMILES string of the molecule is CC1CCCC1NC(=O)C1CCCNC1C. The lowest BCUT2D eigenvalue weighted by molar-refractivity contribution is -0.127. The number of piperidine rings is 1. The Morgan fingerprint density at radius 1 is 1.19 bits per heavy atom. The van der Waals surface area contributed by atoms with Crippen LogP contribution in [0.4, 0.5) is 0 Å². The first-order valence-electron chi connectivity index (χ1n) is 6.72. The van der Waals surface area contributed by atoms with Crippen molar-refractivity contribution in [1.82, 2.24) is 10.6 Å². The predicted octanol–water partition coefficient (Wildman–Crippen LogP) is 1.68. The van der Waals surface area contributed by atoms with Crippen molar-refractivity contribution in [1.29, 1.82) is 0 Å². The maximum absolute atomic E-state index is 12.2. The van der Waals surface area contributed by atoms with Crippen molar-refractivity contribution in [2.75, 3.05) is 6.54 Å². The Labute approximate surface area is 98.4 Å². The largest absolute Gasteiger partial charge is 0.353 e. The fourth-order valence-electron chi connectivity index (χ4n) is 3.05. The van der Waals surface area contributed by atoms with E-state index in [1.54, 1.807) is 0 Å². The minimum Gasteiger partial charge on any atom is -0.353 e. The van der Waals surface area contributed by atoms with Gasteiger partial charge in [0.25, 0.3) is 0 Å². The Kier molecular flexibility index (Phi) is 3.85. The minimum atomic E-state index is 0.182. The Balaban J connectivity index is 1.86. The summed E-state index contributed by atoms with van der Waals surface area (Å²) in [7, 11) is 0. The van der Waals surface area contributed by atoms with E-state index in [4.69, 9.17) is 0 Å². The highest BCUT2D eigenvalue weighted by molar-refractivity contribution is 5.79. The van der Waals surface area contributed by atoms with Crippen molar-refractivity contribution in [3.05, 3.63) is 0 Å². The molecule has 0 radical (unpaired) electrons. The van der Waals surface area contributed by atoms with Gasteiger partial charge in [-0.15, -0.1) is 0 Å². The molecule has 0 bridgehead atoms. The molecule has 2 N–H and O–H groups in total. The number of rotatable bonds is 2. The van der Waals surface area contributed by atoms with E-state index < -0.39 is 0 Å². The fraction of sp³-hybridized carbons (Fsp3) is 0.923. The van der Waals surface area contributed by atoms with Crippen LogP contribution in [0.15, 0.2) is 0 Å². The lowest BCUT2D eigenvalue weighted by Crippen LogP contribution is -2.49. The second kappa shape index (κ2) is 5.17. The van der Waals surface area contributed by atoms with Crippen LogP contribution in [-0.4, -0.2) is 24.5 Å². The molecule has 1 saturated carbocycles. The van der Waals surface area contributed by atoms with E-state index in [9.17, 15) is 4.79 Å². The molecule has 1 heterocycles. The van der Waals surface area contributed by atoms with Gasteiger partial charge in [0.2, 0.25) is 5.91 Å². The summed E-state index contributed by atoms with van der Waals surface area (Å²) in [6.07, 6.45) is 5.87. The van der Waals surface area contributed by atoms with Crippen LogP contribution >= 0.6 is 0 Å². The van der Waals surface area contributed by atoms with Crippen molar-refractivity contribution in [3.8, 4) is 0 Å². The number of hydrogen-bond acceptors (Lipinski definition) is 2. The normalized spacial score (nSPS) is 39.6. The second-order valence-electron chi connectivity index (χ2n) is 5.51. The van der Waals surface area contributed by atoms with Crippen molar-refractivity contribution in [2.24, 2.45) is 11.8 Å². The van der Waals surface area contributed by atoms with Gasteiger partial charge in [0.15, 0.2) is 0 Å². The van der Waals surface area contributed by atoms with Crippen LogP contribution < -0.4 is 10.6 Å². The second-order valence-corrected chi connectivity index (χ2v) is 5.51. The van der Waals surface area contributed by atoms with Crippen LogP contribution in [0.5, 0.6) is 0 Å². The molecule has 0 spiro atoms. The Hall–Kier alpha value is -0.570. The van der Waals surface area contributed by atoms with E-state index in [2.05, 4.69) is 24.5 Å². The van der Waals surface area contributed by atoms with Crippen LogP contribution in [0.3, 0.4) is 0 Å². The van der Waals surface area contributed by atoms with Crippen LogP contribution in [0, 0.1) is 11.8 Å². The van der Waals surface area contributed by atoms with Crippen molar-refractivity contribution >= 4 is 5.91 Å². The van der Waals surface area contributed by atoms with Gasteiger partial charge >= 0.3 is 0 Å². The number of nitrogens with one attached hydrogen (secondary N) is 2. The lowest BCUT2D eigenvalue weighted by Gasteiger charge is -2.30. The van der Waals surface area contributed by atoms with Gasteiger partial charge in [0, 0.05) is 12.1 Å². The van der Waals surface area contributed by atoms with Gasteiger partial charge in [-0.1, -0.05) is 13.3 Å². The molecule has 4 unspecified atom stereocenters. The van der Waals surface area contributed by atoms with Crippen molar-refractivity contribution in [2.45, 2.75) is 58.0 Å². The molecule has 1 aliphatic heterocycles. The zero-order chi connectivity index (χ0) is 11.5. The summed E-state index contributed by atoms with van der Waals surface area (Å²) >= 11 is 0. The third-order valence-corrected chi connectivity index (χ3v) is 4.29. The third kappa shape index (κ3) is 2.57. The first-order valence-corrected chi connectivity index (χ1v) is 6.72. The molecule has 92 valence electrons. The Bertz CT molecular complexity index is 254. The first-order chi connectivity index (χ1) is 7.68. The lowest BCUT2D eigenvalue weighted by atomic mass is 9.90. The van der Waals surface area contributed by atoms with Crippen molar-refractivity contribution < 1.29 is 4.79 Å². The van der Waals surface area contributed by atoms with Gasteiger partial charge in [-0.25, -0.2) is 0 Å². The minimum absolute atomic E-state index is 0.182. The molecule has 3 heteroatoms. The summed E-state index contributed by atoms with van der Waals surface area (Å²) in [5.74, 6) is 1.12. The monoisotopic (exact) mass is 224 g/mol. The molecule has 0 aromatic carbocycles. The fourth-order valence-corrected chi connectivity index (χ4v) is 3.05. The zero-order valence-corrected chi connectivity index (χ0v) is 10.5. The highest BCUT2D eigenvalue weighted by atomic mass is 16.2. The third-order valence-electron chi connectivity index (χ3n) is 4.29. The average molecular weight is 224 g/mol. The molecule has 3 nitrogen and oxygen atoms in total. The maximum Gasteiger partial charge on any atom is 0.224 e. The molecular weight excluding hydrogens is 200 g/mol. The van der Waals surface area contributed by atoms with Gasteiger partial charge in [-0.2, -0.15) is 0 Å². The van der Waals surface area contributed by atoms with E-state index in [0.717, 1.165) is 19.4 Å². The number of carbonyl (C=O) groups excluding carboxylic acids is 1. The molecule has 0 aromatic rings. The predicted molar refractivity (Wildman–Crippen MR) is 65.1 cm³/mol. The molecule has 1 amide bonds. The molecular formula is C13H24N2O. The standard InChI is InChI=1S/C13H24N2O/c1-9-5-3-7-12(9)15-13(16)11-6-4-8-14-10(11)2/h9-12,14H,3-8H2,1-2H3,(H,15,16). The quantitative estimate of drug-likeness (QED) is 0.749. The molecule has 2 fully saturated rings. The van der Waals surface area contributed by atoms with Crippen LogP contribution in [0.25, 0.3) is 0 Å². The zero-order valence-electron chi connectivity index (χ0n) is 10.5. The van der Waals surface area contributed by atoms with E-state index in [1.165, 1.54) is 19.3 Å². The van der Waals surface area contributed by atoms with Crippen LogP contribution in [0.1, 0.15) is 46.0 Å². The summed E-state index contributed by atoms with van der Waals surface area (Å²) in [6.45, 7) is 5.44. The Morgan fingerprint density at radius 2 is 2.00 bits per heavy atom. The van der Waals surface area contributed by atoms with E-state index in [0.29, 0.717) is 18.0 Å². The molecule has 4 atom stereocenters. The van der Waals surface area contributed by atoms with Crippen molar-refractivity contribution in [3.63, 3.8) is 0 Å². The van der Waals surface area contributed by atoms with Gasteiger partial charge in [-0.05, 0) is 45.1 Å². The molecule has 1 saturated heterocycles. The smallest absolute Gasteiger partial charge is 0.224 e. The van der Waals surface area contributed by atoms with Gasteiger partial charge in [-0.3, -0.25) is 4.79 Å². The average Bonchev–Trinajstić information content (AvgIpc) is 2.65. The number of hydrogen-bond donors (Lipinski definition) is 2. The molecule has 16 heavy (non-hydrogen) atoms. The van der Waals surface area contributed by atoms with E-state index in [-0.39, 0.29) is 11.8 Å². The first kappa shape index (κ1) is 11.9. The number of amides is 1. The highest BCUT2D eigenvalue weighted by Gasteiger charge is 2.31. The molecule has 1 aliphatic carbocycles. The topological polar surface area (TPSA) is 41.1 Å². The maximum atomic E-state index is 12.2. The van der Waals surface area contributed by atoms with E-state index in [1.807, 2.05) is 0 Å². The summed E-state index contributed by atoms with van der Waals surface area (Å²) in [4.78, 5) is 12.2. The van der Waals surface area contributed by atoms with Crippen LogP contribution in [-0.2, 0) is 4.79 Å².